The Labute approximate surface area is 85.7 Å². The van der Waals surface area contributed by atoms with Crippen molar-refractivity contribution in [1.29, 1.82) is 0 Å². The zero-order chi connectivity index (χ0) is 6.08. The molecular weight excluding hydrogens is 185 g/mol. The van der Waals surface area contributed by atoms with E-state index < -0.39 is 0 Å². The predicted octanol–water partition coefficient (Wildman–Crippen LogP) is 3.14. The third-order valence-electron chi connectivity index (χ3n) is 1.73. The van der Waals surface area contributed by atoms with Crippen LogP contribution in [0.2, 0.25) is 0 Å². The Balaban J connectivity index is -0.000000180. The fraction of sp³-hybridized carbons (Fsp3) is 0.875. The van der Waals surface area contributed by atoms with Gasteiger partial charge in [-0.05, 0) is 11.3 Å². The second-order valence-corrected chi connectivity index (χ2v) is 3.52. The first-order chi connectivity index (χ1) is 2.94. The maximum Gasteiger partial charge on any atom is 0 e. The molecule has 0 rings (SSSR count). The van der Waals surface area contributed by atoms with Gasteiger partial charge in [0.1, 0.15) is 0 Å². The monoisotopic (exact) mass is 204 g/mol. The van der Waals surface area contributed by atoms with Gasteiger partial charge in [-0.3, -0.25) is 0 Å². The van der Waals surface area contributed by atoms with Gasteiger partial charge in [0.25, 0.3) is 0 Å². The third kappa shape index (κ3) is 9.10. The molecule has 0 fully saturated rings. The van der Waals surface area contributed by atoms with Gasteiger partial charge >= 0.3 is 0 Å². The average molecular weight is 204 g/mol. The minimum atomic E-state index is 0. The summed E-state index contributed by atoms with van der Waals surface area (Å²) >= 11 is 0. The SMILES string of the molecule is CC(C)C(C)(C)C.[CH3-].[Y]. The van der Waals surface area contributed by atoms with Crippen molar-refractivity contribution < 1.29 is 32.7 Å². The molecule has 0 saturated heterocycles. The molecule has 0 saturated carbocycles. The molecule has 0 aromatic carbocycles. The van der Waals surface area contributed by atoms with E-state index in [1.54, 1.807) is 0 Å². The molecule has 55 valence electrons. The van der Waals surface area contributed by atoms with E-state index in [0.29, 0.717) is 5.41 Å². The van der Waals surface area contributed by atoms with Gasteiger partial charge in [0.15, 0.2) is 0 Å². The van der Waals surface area contributed by atoms with Crippen LogP contribution in [-0.4, -0.2) is 0 Å². The van der Waals surface area contributed by atoms with Crippen LogP contribution in [0, 0.1) is 18.8 Å². The Morgan fingerprint density at radius 2 is 1.11 bits per heavy atom. The van der Waals surface area contributed by atoms with Crippen molar-refractivity contribution in [3.63, 3.8) is 0 Å². The van der Waals surface area contributed by atoms with E-state index >= 15 is 0 Å². The minimum Gasteiger partial charge on any atom is -0.358 e. The fourth-order valence-electron chi connectivity index (χ4n) is 0. The first kappa shape index (κ1) is 16.6. The first-order valence-electron chi connectivity index (χ1n) is 2.94. The Morgan fingerprint density at radius 3 is 1.11 bits per heavy atom. The smallest absolute Gasteiger partial charge is 0 e. The topological polar surface area (TPSA) is 0 Å². The van der Waals surface area contributed by atoms with E-state index in [0.717, 1.165) is 5.92 Å². The summed E-state index contributed by atoms with van der Waals surface area (Å²) in [5.41, 5.74) is 0.500. The van der Waals surface area contributed by atoms with Crippen molar-refractivity contribution in [3.8, 4) is 0 Å². The van der Waals surface area contributed by atoms with Gasteiger partial charge in [-0.15, -0.1) is 0 Å². The molecule has 0 N–H and O–H groups in total. The largest absolute Gasteiger partial charge is 0.358 e. The van der Waals surface area contributed by atoms with E-state index in [-0.39, 0.29) is 40.1 Å². The van der Waals surface area contributed by atoms with Crippen LogP contribution in [0.15, 0.2) is 0 Å². The van der Waals surface area contributed by atoms with Crippen LogP contribution >= 0.6 is 0 Å². The van der Waals surface area contributed by atoms with Gasteiger partial charge < -0.3 is 7.43 Å². The van der Waals surface area contributed by atoms with Crippen LogP contribution in [-0.2, 0) is 32.7 Å². The summed E-state index contributed by atoms with van der Waals surface area (Å²) in [5.74, 6) is 0.799. The normalized spacial score (nSPS) is 10.0. The van der Waals surface area contributed by atoms with Crippen LogP contribution in [0.3, 0.4) is 0 Å². The van der Waals surface area contributed by atoms with Crippen molar-refractivity contribution in [1.82, 2.24) is 0 Å². The van der Waals surface area contributed by atoms with Crippen LogP contribution in [0.5, 0.6) is 0 Å². The van der Waals surface area contributed by atoms with E-state index in [2.05, 4.69) is 34.6 Å². The van der Waals surface area contributed by atoms with Crippen molar-refractivity contribution in [3.05, 3.63) is 7.43 Å². The minimum absolute atomic E-state index is 0. The summed E-state index contributed by atoms with van der Waals surface area (Å²) < 4.78 is 0. The molecule has 0 nitrogen and oxygen atoms in total. The average Bonchev–Trinajstić information content (AvgIpc) is 1.31. The molecule has 0 atom stereocenters. The summed E-state index contributed by atoms with van der Waals surface area (Å²) in [7, 11) is 0. The van der Waals surface area contributed by atoms with Crippen molar-refractivity contribution in [2.24, 2.45) is 11.3 Å². The number of rotatable bonds is 0. The summed E-state index contributed by atoms with van der Waals surface area (Å²) in [6.07, 6.45) is 0. The molecular formula is C8H19Y-. The van der Waals surface area contributed by atoms with E-state index in [1.165, 1.54) is 0 Å². The molecule has 0 aromatic rings. The summed E-state index contributed by atoms with van der Waals surface area (Å²) in [6, 6.07) is 0. The Kier molecular flexibility index (Phi) is 10.8. The van der Waals surface area contributed by atoms with Gasteiger partial charge in [0.2, 0.25) is 0 Å². The van der Waals surface area contributed by atoms with Crippen molar-refractivity contribution in [2.45, 2.75) is 34.6 Å². The van der Waals surface area contributed by atoms with Crippen LogP contribution in [0.1, 0.15) is 34.6 Å². The molecule has 0 aliphatic carbocycles. The van der Waals surface area contributed by atoms with Gasteiger partial charge in [0.05, 0.1) is 0 Å². The molecule has 0 amide bonds. The number of hydrogen-bond donors (Lipinski definition) is 0. The van der Waals surface area contributed by atoms with Crippen LogP contribution in [0.4, 0.5) is 0 Å². The molecule has 0 spiro atoms. The van der Waals surface area contributed by atoms with Gasteiger partial charge in [-0.1, -0.05) is 34.6 Å². The standard InChI is InChI=1S/C7H16.CH3.Y/c1-6(2)7(3,4)5;;/h6H,1-5H3;1H3;/q;-1;. The number of hydrogen-bond acceptors (Lipinski definition) is 0. The quantitative estimate of drug-likeness (QED) is 0.532. The molecule has 0 unspecified atom stereocenters. The van der Waals surface area contributed by atoms with Crippen LogP contribution < -0.4 is 0 Å². The molecule has 1 radical (unpaired) electrons. The molecule has 1 heteroatoms. The summed E-state index contributed by atoms with van der Waals surface area (Å²) in [4.78, 5) is 0. The van der Waals surface area contributed by atoms with E-state index in [4.69, 9.17) is 0 Å². The van der Waals surface area contributed by atoms with Gasteiger partial charge in [-0.25, -0.2) is 0 Å². The Bertz CT molecular complexity index is 50.1. The molecule has 0 aliphatic rings. The molecule has 9 heavy (non-hydrogen) atoms. The fourth-order valence-corrected chi connectivity index (χ4v) is 0. The van der Waals surface area contributed by atoms with Crippen molar-refractivity contribution >= 4 is 0 Å². The maximum absolute atomic E-state index is 2.26. The zero-order valence-electron chi connectivity index (χ0n) is 7.65. The second kappa shape index (κ2) is 5.86. The Morgan fingerprint density at radius 1 is 1.00 bits per heavy atom. The van der Waals surface area contributed by atoms with Gasteiger partial charge in [0, 0.05) is 32.7 Å². The molecule has 0 aromatic heterocycles. The van der Waals surface area contributed by atoms with Crippen molar-refractivity contribution in [2.75, 3.05) is 0 Å². The first-order valence-corrected chi connectivity index (χ1v) is 2.94. The second-order valence-electron chi connectivity index (χ2n) is 3.52. The van der Waals surface area contributed by atoms with E-state index in [1.807, 2.05) is 0 Å². The summed E-state index contributed by atoms with van der Waals surface area (Å²) in [5, 5.41) is 0. The molecule has 0 bridgehead atoms. The third-order valence-corrected chi connectivity index (χ3v) is 1.73. The molecule has 0 heterocycles. The molecule has 0 aliphatic heterocycles. The predicted molar refractivity (Wildman–Crippen MR) is 40.7 cm³/mol. The summed E-state index contributed by atoms with van der Waals surface area (Å²) in [6.45, 7) is 11.3. The maximum atomic E-state index is 2.26. The van der Waals surface area contributed by atoms with Gasteiger partial charge in [-0.2, -0.15) is 0 Å². The van der Waals surface area contributed by atoms with E-state index in [9.17, 15) is 0 Å². The van der Waals surface area contributed by atoms with Crippen LogP contribution in [0.25, 0.3) is 0 Å². The zero-order valence-corrected chi connectivity index (χ0v) is 10.5. The Hall–Kier alpha value is 1.10.